The molecule has 0 spiro atoms. The SMILES string of the molecule is CSCOC1CC2OCC2(O)C2[C@H](C)C3(O)CC(OC(=O)[C@H](C)C(NC(=O)OC(C)(C)C)c4ccccc4)C(C)=C([C@@H](C)C(=O)[C@]12C)C3(C)C.[Ac]. The number of alkyl carbamates (subject to hydrolysis) is 1. The van der Waals surface area contributed by atoms with E-state index in [-0.39, 0.29) is 62.9 Å². The summed E-state index contributed by atoms with van der Waals surface area (Å²) < 4.78 is 24.1. The van der Waals surface area contributed by atoms with Gasteiger partial charge in [0.05, 0.1) is 47.7 Å². The molecule has 2 bridgehead atoms. The molecule has 11 atom stereocenters. The number of Topliss-reactive ketones (excluding diaryl/α,β-unsaturated/α-hetero) is 1. The summed E-state index contributed by atoms with van der Waals surface area (Å²) in [6, 6.07) is 8.42. The zero-order chi connectivity index (χ0) is 37.2. The van der Waals surface area contributed by atoms with Gasteiger partial charge in [0.1, 0.15) is 23.1 Å². The van der Waals surface area contributed by atoms with Gasteiger partial charge in [-0.15, -0.1) is 11.8 Å². The number of esters is 1. The van der Waals surface area contributed by atoms with Gasteiger partial charge in [0.25, 0.3) is 0 Å². The Bertz CT molecular complexity index is 1510. The van der Waals surface area contributed by atoms with Gasteiger partial charge in [0.2, 0.25) is 0 Å². The molecule has 3 N–H and O–H groups in total. The van der Waals surface area contributed by atoms with Crippen LogP contribution < -0.4 is 5.32 Å². The Balaban J connectivity index is 0.00000583. The fourth-order valence-electron chi connectivity index (χ4n) is 9.96. The Morgan fingerprint density at radius 1 is 1.12 bits per heavy atom. The molecule has 3 aliphatic carbocycles. The molecular weight excluding hydrogens is 885 g/mol. The van der Waals surface area contributed by atoms with Crippen molar-refractivity contribution in [3.05, 3.63) is 47.0 Å². The molecule has 1 radical (unpaired) electrons. The van der Waals surface area contributed by atoms with Crippen molar-refractivity contribution in [1.82, 2.24) is 5.32 Å². The van der Waals surface area contributed by atoms with Crippen LogP contribution >= 0.6 is 11.8 Å². The summed E-state index contributed by atoms with van der Waals surface area (Å²) in [7, 11) is 0. The topological polar surface area (TPSA) is 141 Å². The van der Waals surface area contributed by atoms with Crippen LogP contribution in [-0.2, 0) is 28.5 Å². The van der Waals surface area contributed by atoms with E-state index in [0.717, 1.165) is 11.1 Å². The molecule has 10 nitrogen and oxygen atoms in total. The van der Waals surface area contributed by atoms with Crippen LogP contribution in [0.2, 0.25) is 0 Å². The van der Waals surface area contributed by atoms with Gasteiger partial charge in [-0.05, 0) is 70.4 Å². The molecule has 5 rings (SSSR count). The second kappa shape index (κ2) is 15.3. The smallest absolute Gasteiger partial charge is 0.408 e. The summed E-state index contributed by atoms with van der Waals surface area (Å²) in [5, 5.41) is 28.2. The summed E-state index contributed by atoms with van der Waals surface area (Å²) in [6.45, 7) is 18.5. The van der Waals surface area contributed by atoms with Crippen molar-refractivity contribution in [3.8, 4) is 0 Å². The van der Waals surface area contributed by atoms with Crippen molar-refractivity contribution in [2.24, 2.45) is 34.5 Å². The standard InChI is InChI=1S/C39H57NO9S.Ac/c1-21-26(48-33(42)23(3)30(25-15-13-12-14-16-25)40-34(43)49-35(5,6)7)18-39(45)24(4)31-37(10,32(41)22(2)29(21)36(39,8)9)27(47-20-50-11)17-28-38(31,44)19-46-28;/h12-16,22-24,26-28,30-31,44-45H,17-20H2,1-11H3,(H,40,43);/t22-,23-,24+,26?,27?,28?,30?,31?,37-,38?,39?;/m1./s1. The maximum atomic E-state index is 15.0. The van der Waals surface area contributed by atoms with Crippen LogP contribution in [0.3, 0.4) is 0 Å². The third-order valence-corrected chi connectivity index (χ3v) is 12.8. The van der Waals surface area contributed by atoms with Crippen molar-refractivity contribution in [2.45, 2.75) is 123 Å². The largest absolute Gasteiger partial charge is 0.457 e. The monoisotopic (exact) mass is 942 g/mol. The minimum absolute atomic E-state index is 0. The van der Waals surface area contributed by atoms with E-state index in [4.69, 9.17) is 18.9 Å². The van der Waals surface area contributed by atoms with Gasteiger partial charge < -0.3 is 34.5 Å². The zero-order valence-corrected chi connectivity index (χ0v) is 37.6. The average Bonchev–Trinajstić information content (AvgIpc) is 3.03. The van der Waals surface area contributed by atoms with Crippen LogP contribution in [0, 0.1) is 78.6 Å². The first kappa shape index (κ1) is 42.7. The number of benzene rings is 1. The molecule has 1 saturated heterocycles. The second-order valence-electron chi connectivity index (χ2n) is 16.8. The van der Waals surface area contributed by atoms with Gasteiger partial charge in [0.15, 0.2) is 0 Å². The van der Waals surface area contributed by atoms with E-state index >= 15 is 4.79 Å². The zero-order valence-electron chi connectivity index (χ0n) is 32.1. The number of rotatable bonds is 8. The maximum Gasteiger partial charge on any atom is 0.408 e. The van der Waals surface area contributed by atoms with Crippen LogP contribution in [0.4, 0.5) is 4.79 Å². The number of nitrogens with one attached hydrogen (secondary N) is 1. The molecule has 2 saturated carbocycles. The third-order valence-electron chi connectivity index (χ3n) is 12.5. The molecule has 281 valence electrons. The Morgan fingerprint density at radius 2 is 1.75 bits per heavy atom. The van der Waals surface area contributed by atoms with Crippen LogP contribution in [-0.4, -0.2) is 82.0 Å². The van der Waals surface area contributed by atoms with E-state index in [1.807, 2.05) is 78.1 Å². The molecule has 12 heteroatoms. The Morgan fingerprint density at radius 3 is 2.29 bits per heavy atom. The van der Waals surface area contributed by atoms with E-state index in [1.165, 1.54) is 11.8 Å². The van der Waals surface area contributed by atoms with E-state index in [0.29, 0.717) is 17.9 Å². The molecule has 1 amide bonds. The molecule has 7 unspecified atom stereocenters. The number of ether oxygens (including phenoxy) is 4. The Hall–Kier alpha value is -0.998. The van der Waals surface area contributed by atoms with Crippen molar-refractivity contribution in [1.29, 1.82) is 0 Å². The first-order valence-corrected chi connectivity index (χ1v) is 19.2. The van der Waals surface area contributed by atoms with Crippen molar-refractivity contribution < 1.29 is 87.6 Å². The molecule has 51 heavy (non-hydrogen) atoms. The van der Waals surface area contributed by atoms with Crippen LogP contribution in [0.1, 0.15) is 93.7 Å². The quantitative estimate of drug-likeness (QED) is 0.162. The number of carbonyl (C=O) groups excluding carboxylic acids is 3. The van der Waals surface area contributed by atoms with E-state index in [9.17, 15) is 19.8 Å². The summed E-state index contributed by atoms with van der Waals surface area (Å²) in [4.78, 5) is 42.1. The first-order valence-electron chi connectivity index (χ1n) is 17.8. The number of amides is 1. The number of hydrogen-bond acceptors (Lipinski definition) is 10. The number of fused-ring (bicyclic) bond motifs is 5. The van der Waals surface area contributed by atoms with Gasteiger partial charge in [-0.2, -0.15) is 0 Å². The van der Waals surface area contributed by atoms with Gasteiger partial charge in [-0.1, -0.05) is 58.0 Å². The predicted octanol–water partition coefficient (Wildman–Crippen LogP) is 5.99. The van der Waals surface area contributed by atoms with Gasteiger partial charge >= 0.3 is 12.1 Å². The van der Waals surface area contributed by atoms with E-state index in [1.54, 1.807) is 27.7 Å². The number of hydrogen-bond donors (Lipinski definition) is 3. The minimum atomic E-state index is -1.50. The number of aliphatic hydroxyl groups is 2. The molecule has 0 aromatic heterocycles. The molecule has 1 heterocycles. The Kier molecular flexibility index (Phi) is 12.8. The van der Waals surface area contributed by atoms with Crippen LogP contribution in [0.5, 0.6) is 0 Å². The summed E-state index contributed by atoms with van der Waals surface area (Å²) >= 11 is 1.52. The third kappa shape index (κ3) is 7.27. The average molecular weight is 943 g/mol. The van der Waals surface area contributed by atoms with Gasteiger partial charge in [-0.3, -0.25) is 9.59 Å². The first-order chi connectivity index (χ1) is 23.1. The van der Waals surface area contributed by atoms with Crippen LogP contribution in [0.15, 0.2) is 41.5 Å². The van der Waals surface area contributed by atoms with Gasteiger partial charge in [0, 0.05) is 74.2 Å². The summed E-state index contributed by atoms with van der Waals surface area (Å²) in [5.41, 5.74) is -3.42. The maximum absolute atomic E-state index is 15.0. The normalized spacial score (nSPS) is 36.8. The fourth-order valence-corrected chi connectivity index (χ4v) is 10.3. The number of ketones is 1. The predicted molar refractivity (Wildman–Crippen MR) is 191 cm³/mol. The summed E-state index contributed by atoms with van der Waals surface area (Å²) in [5.74, 6) is -3.05. The molecular formula is C39H57AcNO9S. The molecule has 3 fully saturated rings. The van der Waals surface area contributed by atoms with Crippen LogP contribution in [0.25, 0.3) is 0 Å². The Labute approximate surface area is 343 Å². The fraction of sp³-hybridized carbons (Fsp3) is 0.718. The van der Waals surface area contributed by atoms with Crippen molar-refractivity contribution in [3.63, 3.8) is 0 Å². The molecule has 4 aliphatic rings. The molecule has 1 aliphatic heterocycles. The number of thioether (sulfide) groups is 1. The molecule has 1 aromatic carbocycles. The second-order valence-corrected chi connectivity index (χ2v) is 17.6. The van der Waals surface area contributed by atoms with Gasteiger partial charge in [-0.25, -0.2) is 4.79 Å². The van der Waals surface area contributed by atoms with E-state index in [2.05, 4.69) is 5.32 Å². The summed E-state index contributed by atoms with van der Waals surface area (Å²) in [6.07, 6.45) is -0.168. The van der Waals surface area contributed by atoms with Crippen molar-refractivity contribution >= 4 is 29.6 Å². The minimum Gasteiger partial charge on any atom is -0.457 e. The van der Waals surface area contributed by atoms with Crippen molar-refractivity contribution in [2.75, 3.05) is 18.8 Å². The molecule has 1 aromatic rings. The number of carbonyl (C=O) groups is 3. The van der Waals surface area contributed by atoms with E-state index < -0.39 is 87.7 Å².